The summed E-state index contributed by atoms with van der Waals surface area (Å²) < 4.78 is 63.8. The molecule has 0 saturated carbocycles. The number of carbonyl (C=O) groups is 2. The molecule has 0 aliphatic carbocycles. The molecule has 0 bridgehead atoms. The molecule has 5 nitrogen and oxygen atoms in total. The summed E-state index contributed by atoms with van der Waals surface area (Å²) in [6.45, 7) is 3.58. The standard InChI is InChI=1S/C19H18F4N2O3S/c1-11-4-3-5-12(2)18(11)25-17(27)10-29(28)9-16(26)24-15-8-13(19(21,22)23)6-7-14(15)20/h3-8H,9-10H2,1-2H3,(H,24,26)(H,25,27). The molecule has 2 rings (SSSR count). The van der Waals surface area contributed by atoms with Crippen LogP contribution in [0.1, 0.15) is 16.7 Å². The number of carbonyl (C=O) groups excluding carboxylic acids is 2. The molecular weight excluding hydrogens is 412 g/mol. The van der Waals surface area contributed by atoms with E-state index in [1.54, 1.807) is 26.0 Å². The van der Waals surface area contributed by atoms with Gasteiger partial charge >= 0.3 is 6.18 Å². The molecule has 10 heteroatoms. The van der Waals surface area contributed by atoms with Gasteiger partial charge in [-0.3, -0.25) is 13.8 Å². The molecular formula is C19H18F4N2O3S. The van der Waals surface area contributed by atoms with Gasteiger partial charge in [0.2, 0.25) is 11.8 Å². The zero-order valence-corrected chi connectivity index (χ0v) is 16.3. The van der Waals surface area contributed by atoms with Gasteiger partial charge in [-0.1, -0.05) is 18.2 Å². The van der Waals surface area contributed by atoms with Crippen molar-refractivity contribution in [1.29, 1.82) is 0 Å². The van der Waals surface area contributed by atoms with Gasteiger partial charge in [-0.15, -0.1) is 0 Å². The van der Waals surface area contributed by atoms with Crippen LogP contribution < -0.4 is 10.6 Å². The summed E-state index contributed by atoms with van der Waals surface area (Å²) in [7, 11) is -1.94. The van der Waals surface area contributed by atoms with E-state index in [1.807, 2.05) is 11.4 Å². The molecule has 2 aromatic carbocycles. The fourth-order valence-corrected chi connectivity index (χ4v) is 3.35. The van der Waals surface area contributed by atoms with Crippen molar-refractivity contribution in [1.82, 2.24) is 0 Å². The molecule has 0 saturated heterocycles. The number of amides is 2. The minimum Gasteiger partial charge on any atom is -0.325 e. The van der Waals surface area contributed by atoms with Gasteiger partial charge in [0.1, 0.15) is 17.3 Å². The number of para-hydroxylation sites is 1. The summed E-state index contributed by atoms with van der Waals surface area (Å²) in [5, 5.41) is 4.57. The van der Waals surface area contributed by atoms with Gasteiger partial charge < -0.3 is 10.6 Å². The van der Waals surface area contributed by atoms with Crippen LogP contribution in [0.2, 0.25) is 0 Å². The molecule has 2 amide bonds. The maximum absolute atomic E-state index is 13.7. The molecule has 2 N–H and O–H groups in total. The highest BCUT2D eigenvalue weighted by Gasteiger charge is 2.31. The number of halogens is 4. The second-order valence-electron chi connectivity index (χ2n) is 6.28. The van der Waals surface area contributed by atoms with E-state index in [4.69, 9.17) is 0 Å². The largest absolute Gasteiger partial charge is 0.416 e. The number of hydrogen-bond donors (Lipinski definition) is 2. The number of hydrogen-bond acceptors (Lipinski definition) is 3. The second-order valence-corrected chi connectivity index (χ2v) is 7.74. The van der Waals surface area contributed by atoms with Gasteiger partial charge in [0.15, 0.2) is 0 Å². The van der Waals surface area contributed by atoms with Crippen LogP contribution in [0.25, 0.3) is 0 Å². The normalized spacial score (nSPS) is 12.3. The molecule has 156 valence electrons. The highest BCUT2D eigenvalue weighted by Crippen LogP contribution is 2.31. The van der Waals surface area contributed by atoms with Crippen LogP contribution in [0.15, 0.2) is 36.4 Å². The molecule has 1 atom stereocenters. The minimum absolute atomic E-state index is 0.448. The molecule has 2 aromatic rings. The average Bonchev–Trinajstić information content (AvgIpc) is 2.59. The molecule has 0 aliphatic rings. The summed E-state index contributed by atoms with van der Waals surface area (Å²) in [4.78, 5) is 24.0. The van der Waals surface area contributed by atoms with Crippen molar-refractivity contribution < 1.29 is 31.4 Å². The minimum atomic E-state index is -4.71. The first kappa shape index (κ1) is 22.5. The summed E-state index contributed by atoms with van der Waals surface area (Å²) in [6, 6.07) is 6.96. The molecule has 0 aliphatic heterocycles. The Morgan fingerprint density at radius 2 is 1.52 bits per heavy atom. The van der Waals surface area contributed by atoms with E-state index in [0.29, 0.717) is 23.9 Å². The molecule has 1 unspecified atom stereocenters. The van der Waals surface area contributed by atoms with E-state index < -0.39 is 57.4 Å². The predicted molar refractivity (Wildman–Crippen MR) is 102 cm³/mol. The third kappa shape index (κ3) is 6.38. The Hall–Kier alpha value is -2.75. The first-order valence-corrected chi connectivity index (χ1v) is 9.84. The number of rotatable bonds is 6. The van der Waals surface area contributed by atoms with Crippen LogP contribution >= 0.6 is 0 Å². The predicted octanol–water partition coefficient (Wildman–Crippen LogP) is 3.79. The van der Waals surface area contributed by atoms with Gasteiger partial charge in [0.05, 0.1) is 11.3 Å². The Balaban J connectivity index is 1.96. The Labute approximate surface area is 167 Å². The summed E-state index contributed by atoms with van der Waals surface area (Å²) in [6.07, 6.45) is -4.71. The van der Waals surface area contributed by atoms with Gasteiger partial charge in [0, 0.05) is 16.5 Å². The SMILES string of the molecule is Cc1cccc(C)c1NC(=O)CS(=O)CC(=O)Nc1cc(C(F)(F)F)ccc1F. The van der Waals surface area contributed by atoms with Crippen LogP contribution in [0.5, 0.6) is 0 Å². The third-order valence-electron chi connectivity index (χ3n) is 3.90. The van der Waals surface area contributed by atoms with Crippen molar-refractivity contribution in [3.05, 3.63) is 58.9 Å². The van der Waals surface area contributed by atoms with E-state index >= 15 is 0 Å². The molecule has 0 heterocycles. The smallest absolute Gasteiger partial charge is 0.325 e. The van der Waals surface area contributed by atoms with Crippen molar-refractivity contribution in [2.24, 2.45) is 0 Å². The molecule has 0 spiro atoms. The zero-order valence-electron chi connectivity index (χ0n) is 15.5. The van der Waals surface area contributed by atoms with Crippen molar-refractivity contribution >= 4 is 34.0 Å². The van der Waals surface area contributed by atoms with Gasteiger partial charge in [0.25, 0.3) is 0 Å². The van der Waals surface area contributed by atoms with Crippen LogP contribution in [0.3, 0.4) is 0 Å². The molecule has 0 aromatic heterocycles. The van der Waals surface area contributed by atoms with Crippen LogP contribution in [0.4, 0.5) is 28.9 Å². The number of benzene rings is 2. The maximum Gasteiger partial charge on any atom is 0.416 e. The lowest BCUT2D eigenvalue weighted by Crippen LogP contribution is -2.27. The monoisotopic (exact) mass is 430 g/mol. The van der Waals surface area contributed by atoms with Crippen molar-refractivity contribution in [2.75, 3.05) is 22.1 Å². The molecule has 29 heavy (non-hydrogen) atoms. The quantitative estimate of drug-likeness (QED) is 0.685. The van der Waals surface area contributed by atoms with Crippen molar-refractivity contribution in [2.45, 2.75) is 20.0 Å². The first-order valence-electron chi connectivity index (χ1n) is 8.35. The van der Waals surface area contributed by atoms with E-state index in [0.717, 1.165) is 11.1 Å². The van der Waals surface area contributed by atoms with E-state index in [9.17, 15) is 31.4 Å². The Bertz CT molecular complexity index is 941. The molecule has 0 radical (unpaired) electrons. The Kier molecular flexibility index (Phi) is 7.12. The topological polar surface area (TPSA) is 75.3 Å². The highest BCUT2D eigenvalue weighted by molar-refractivity contribution is 7.86. The van der Waals surface area contributed by atoms with E-state index in [-0.39, 0.29) is 0 Å². The Morgan fingerprint density at radius 3 is 2.07 bits per heavy atom. The number of anilines is 2. The van der Waals surface area contributed by atoms with E-state index in [1.165, 1.54) is 0 Å². The lowest BCUT2D eigenvalue weighted by atomic mass is 10.1. The van der Waals surface area contributed by atoms with Gasteiger partial charge in [-0.25, -0.2) is 4.39 Å². The summed E-state index contributed by atoms with van der Waals surface area (Å²) in [5.74, 6) is -3.78. The van der Waals surface area contributed by atoms with Crippen molar-refractivity contribution in [3.8, 4) is 0 Å². The maximum atomic E-state index is 13.7. The fraction of sp³-hybridized carbons (Fsp3) is 0.263. The lowest BCUT2D eigenvalue weighted by molar-refractivity contribution is -0.137. The van der Waals surface area contributed by atoms with Gasteiger partial charge in [-0.05, 0) is 43.2 Å². The van der Waals surface area contributed by atoms with Crippen LogP contribution in [0, 0.1) is 19.7 Å². The number of nitrogens with one attached hydrogen (secondary N) is 2. The van der Waals surface area contributed by atoms with Crippen LogP contribution in [-0.2, 0) is 26.6 Å². The fourth-order valence-electron chi connectivity index (χ4n) is 2.51. The third-order valence-corrected chi connectivity index (χ3v) is 5.07. The van der Waals surface area contributed by atoms with Crippen molar-refractivity contribution in [3.63, 3.8) is 0 Å². The lowest BCUT2D eigenvalue weighted by Gasteiger charge is -2.12. The molecule has 0 fully saturated rings. The summed E-state index contributed by atoms with van der Waals surface area (Å²) in [5.41, 5.74) is 0.374. The second kappa shape index (κ2) is 9.17. The van der Waals surface area contributed by atoms with E-state index in [2.05, 4.69) is 5.32 Å². The number of aryl methyl sites for hydroxylation is 2. The first-order chi connectivity index (χ1) is 13.5. The van der Waals surface area contributed by atoms with Gasteiger partial charge in [-0.2, -0.15) is 13.2 Å². The average molecular weight is 430 g/mol. The number of alkyl halides is 3. The van der Waals surface area contributed by atoms with Crippen LogP contribution in [-0.4, -0.2) is 27.5 Å². The Morgan fingerprint density at radius 1 is 0.966 bits per heavy atom. The highest BCUT2D eigenvalue weighted by atomic mass is 32.2. The summed E-state index contributed by atoms with van der Waals surface area (Å²) >= 11 is 0. The zero-order chi connectivity index (χ0) is 21.8.